The summed E-state index contributed by atoms with van der Waals surface area (Å²) in [6.07, 6.45) is 6.89. The summed E-state index contributed by atoms with van der Waals surface area (Å²) in [5.41, 5.74) is 3.12. The Morgan fingerprint density at radius 3 is 2.44 bits per heavy atom. The first-order valence-electron chi connectivity index (χ1n) is 13.4. The lowest BCUT2D eigenvalue weighted by molar-refractivity contribution is -0.121. The molecular formula is C29H33N3O5S2. The molecule has 5 rings (SSSR count). The molecule has 1 aliphatic carbocycles. The number of hydrogen-bond donors (Lipinski definition) is 1. The summed E-state index contributed by atoms with van der Waals surface area (Å²) >= 11 is 1.14. The van der Waals surface area contributed by atoms with Gasteiger partial charge in [-0.3, -0.25) is 9.78 Å². The Bertz CT molecular complexity index is 1460. The summed E-state index contributed by atoms with van der Waals surface area (Å²) in [4.78, 5) is 33.0. The van der Waals surface area contributed by atoms with Crippen LogP contribution in [0.1, 0.15) is 60.0 Å². The minimum Gasteiger partial charge on any atom is -0.477 e. The number of sulfonamides is 1. The Morgan fingerprint density at radius 2 is 1.82 bits per heavy atom. The highest BCUT2D eigenvalue weighted by Gasteiger charge is 2.44. The zero-order valence-electron chi connectivity index (χ0n) is 22.2. The Morgan fingerprint density at radius 1 is 1.10 bits per heavy atom. The van der Waals surface area contributed by atoms with Gasteiger partial charge in [-0.05, 0) is 55.9 Å². The molecule has 0 radical (unpaired) electrons. The van der Waals surface area contributed by atoms with Crippen molar-refractivity contribution in [1.82, 2.24) is 9.29 Å². The van der Waals surface area contributed by atoms with Crippen LogP contribution in [0, 0.1) is 12.8 Å². The molecule has 3 heterocycles. The molecule has 206 valence electrons. The van der Waals surface area contributed by atoms with E-state index in [4.69, 9.17) is 0 Å². The summed E-state index contributed by atoms with van der Waals surface area (Å²) in [7, 11) is -3.96. The molecule has 1 atom stereocenters. The summed E-state index contributed by atoms with van der Waals surface area (Å²) in [6, 6.07) is 12.4. The maximum Gasteiger partial charge on any atom is 0.348 e. The van der Waals surface area contributed by atoms with Gasteiger partial charge in [0.1, 0.15) is 9.77 Å². The summed E-state index contributed by atoms with van der Waals surface area (Å²) < 4.78 is 28.5. The smallest absolute Gasteiger partial charge is 0.348 e. The van der Waals surface area contributed by atoms with Gasteiger partial charge < -0.3 is 10.0 Å². The number of carboxylic acid groups (broad SMARTS) is 1. The molecule has 1 saturated carbocycles. The van der Waals surface area contributed by atoms with Crippen LogP contribution in [0.5, 0.6) is 0 Å². The molecule has 0 bridgehead atoms. The third-order valence-corrected chi connectivity index (χ3v) is 10.8. The van der Waals surface area contributed by atoms with Gasteiger partial charge in [-0.1, -0.05) is 56.0 Å². The van der Waals surface area contributed by atoms with E-state index >= 15 is 0 Å². The van der Waals surface area contributed by atoms with Crippen LogP contribution in [0.2, 0.25) is 0 Å². The van der Waals surface area contributed by atoms with Crippen molar-refractivity contribution in [3.63, 3.8) is 0 Å². The Labute approximate surface area is 233 Å². The highest BCUT2D eigenvalue weighted by atomic mass is 32.2. The van der Waals surface area contributed by atoms with E-state index in [1.165, 1.54) is 10.5 Å². The van der Waals surface area contributed by atoms with Crippen molar-refractivity contribution in [2.45, 2.75) is 63.3 Å². The number of benzene rings is 1. The molecule has 2 fully saturated rings. The number of carbonyl (C=O) groups is 2. The van der Waals surface area contributed by atoms with E-state index in [-0.39, 0.29) is 28.8 Å². The van der Waals surface area contributed by atoms with Crippen molar-refractivity contribution >= 4 is 38.9 Å². The van der Waals surface area contributed by atoms with Crippen LogP contribution < -0.4 is 4.90 Å². The van der Waals surface area contributed by atoms with Gasteiger partial charge in [-0.25, -0.2) is 13.2 Å². The standard InChI is InChI=1S/C29H33N3O5S2/c1-3-22-13-14-23(16-30-22)39(36,37)31-17-25(20-7-5-4-6-8-20)32(27(33)18-31)24-15-26(38-28(24)29(34)35)21-11-9-19(2)10-12-21/h9-16,20,25H,3-8,17-18H2,1-2H3,(H,34,35)/t25-/m0/s1. The third kappa shape index (κ3) is 5.50. The number of anilines is 1. The number of piperazine rings is 1. The molecule has 2 aliphatic rings. The first-order chi connectivity index (χ1) is 18.7. The molecule has 8 nitrogen and oxygen atoms in total. The van der Waals surface area contributed by atoms with E-state index in [0.29, 0.717) is 12.1 Å². The van der Waals surface area contributed by atoms with Gasteiger partial charge in [0.2, 0.25) is 15.9 Å². The molecule has 1 aromatic carbocycles. The van der Waals surface area contributed by atoms with E-state index in [1.807, 2.05) is 38.1 Å². The minimum atomic E-state index is -3.96. The van der Waals surface area contributed by atoms with Gasteiger partial charge in [-0.2, -0.15) is 4.31 Å². The molecule has 1 N–H and O–H groups in total. The number of carboxylic acids is 1. The maximum absolute atomic E-state index is 13.8. The van der Waals surface area contributed by atoms with Crippen LogP contribution >= 0.6 is 11.3 Å². The number of amides is 1. The lowest BCUT2D eigenvalue weighted by Gasteiger charge is -2.44. The molecule has 0 unspecified atom stereocenters. The van der Waals surface area contributed by atoms with Crippen molar-refractivity contribution in [2.24, 2.45) is 5.92 Å². The normalized spacial score (nSPS) is 19.4. The molecular weight excluding hydrogens is 534 g/mol. The third-order valence-electron chi connectivity index (χ3n) is 7.80. The zero-order chi connectivity index (χ0) is 27.7. The van der Waals surface area contributed by atoms with Crippen LogP contribution in [0.25, 0.3) is 10.4 Å². The number of thiophene rings is 1. The quantitative estimate of drug-likeness (QED) is 0.412. The lowest BCUT2D eigenvalue weighted by atomic mass is 9.82. The highest BCUT2D eigenvalue weighted by Crippen LogP contribution is 2.42. The number of aryl methyl sites for hydroxylation is 2. The molecule has 1 amide bonds. The first kappa shape index (κ1) is 27.5. The van der Waals surface area contributed by atoms with Crippen LogP contribution in [0.4, 0.5) is 5.69 Å². The molecule has 10 heteroatoms. The lowest BCUT2D eigenvalue weighted by Crippen LogP contribution is -2.60. The van der Waals surface area contributed by atoms with Crippen LogP contribution in [0.15, 0.2) is 53.6 Å². The molecule has 1 saturated heterocycles. The Hall–Kier alpha value is -3.08. The van der Waals surface area contributed by atoms with E-state index in [2.05, 4.69) is 4.98 Å². The largest absolute Gasteiger partial charge is 0.477 e. The fourth-order valence-electron chi connectivity index (χ4n) is 5.64. The average molecular weight is 568 g/mol. The number of rotatable bonds is 7. The van der Waals surface area contributed by atoms with Crippen LogP contribution in [0.3, 0.4) is 0 Å². The summed E-state index contributed by atoms with van der Waals surface area (Å²) in [5, 5.41) is 10.1. The van der Waals surface area contributed by atoms with E-state index in [1.54, 1.807) is 23.1 Å². The van der Waals surface area contributed by atoms with Gasteiger partial charge in [0.25, 0.3) is 0 Å². The summed E-state index contributed by atoms with van der Waals surface area (Å²) in [5.74, 6) is -1.43. The minimum absolute atomic E-state index is 0.0618. The second kappa shape index (κ2) is 11.2. The predicted octanol–water partition coefficient (Wildman–Crippen LogP) is 5.37. The van der Waals surface area contributed by atoms with Gasteiger partial charge >= 0.3 is 5.97 Å². The van der Waals surface area contributed by atoms with Gasteiger partial charge in [0, 0.05) is 23.3 Å². The Kier molecular flexibility index (Phi) is 7.89. The van der Waals surface area contributed by atoms with E-state index in [9.17, 15) is 23.1 Å². The van der Waals surface area contributed by atoms with Gasteiger partial charge in [-0.15, -0.1) is 11.3 Å². The van der Waals surface area contributed by atoms with Crippen molar-refractivity contribution in [2.75, 3.05) is 18.0 Å². The van der Waals surface area contributed by atoms with Crippen molar-refractivity contribution in [1.29, 1.82) is 0 Å². The number of aromatic nitrogens is 1. The number of nitrogens with zero attached hydrogens (tertiary/aromatic N) is 3. The van der Waals surface area contributed by atoms with Crippen molar-refractivity contribution in [3.8, 4) is 10.4 Å². The fourth-order valence-corrected chi connectivity index (χ4v) is 7.98. The topological polar surface area (TPSA) is 108 Å². The fraction of sp³-hybridized carbons (Fsp3) is 0.414. The first-order valence-corrected chi connectivity index (χ1v) is 15.7. The average Bonchev–Trinajstić information content (AvgIpc) is 3.39. The second-order valence-corrected chi connectivity index (χ2v) is 13.4. The number of aromatic carboxylic acids is 1. The van der Waals surface area contributed by atoms with Crippen LogP contribution in [-0.2, 0) is 21.2 Å². The molecule has 2 aromatic heterocycles. The number of carbonyl (C=O) groups excluding carboxylic acids is 1. The molecule has 1 aliphatic heterocycles. The highest BCUT2D eigenvalue weighted by molar-refractivity contribution is 7.89. The van der Waals surface area contributed by atoms with Gasteiger partial charge in [0.05, 0.1) is 18.3 Å². The number of hydrogen-bond acceptors (Lipinski definition) is 6. The Balaban J connectivity index is 1.54. The van der Waals surface area contributed by atoms with E-state index < -0.39 is 27.9 Å². The molecule has 3 aromatic rings. The molecule has 39 heavy (non-hydrogen) atoms. The SMILES string of the molecule is CCc1ccc(S(=O)(=O)N2CC(=O)N(c3cc(-c4ccc(C)cc4)sc3C(=O)O)[C@H](C3CCCCC3)C2)cn1. The predicted molar refractivity (Wildman–Crippen MR) is 152 cm³/mol. The van der Waals surface area contributed by atoms with Crippen molar-refractivity contribution in [3.05, 3.63) is 64.8 Å². The number of pyridine rings is 1. The summed E-state index contributed by atoms with van der Waals surface area (Å²) in [6.45, 7) is 3.70. The zero-order valence-corrected chi connectivity index (χ0v) is 23.8. The second-order valence-electron chi connectivity index (χ2n) is 10.4. The van der Waals surface area contributed by atoms with E-state index in [0.717, 1.165) is 65.1 Å². The van der Waals surface area contributed by atoms with Gasteiger partial charge in [0.15, 0.2) is 0 Å². The molecule has 0 spiro atoms. The maximum atomic E-state index is 13.8. The van der Waals surface area contributed by atoms with Crippen LogP contribution in [-0.4, -0.2) is 53.8 Å². The van der Waals surface area contributed by atoms with Crippen molar-refractivity contribution < 1.29 is 23.1 Å². The monoisotopic (exact) mass is 567 g/mol.